The second-order valence-electron chi connectivity index (χ2n) is 4.84. The summed E-state index contributed by atoms with van der Waals surface area (Å²) < 4.78 is 4.77. The lowest BCUT2D eigenvalue weighted by Crippen LogP contribution is -2.23. The van der Waals surface area contributed by atoms with Crippen LogP contribution in [-0.2, 0) is 9.53 Å². The van der Waals surface area contributed by atoms with Crippen molar-refractivity contribution in [3.8, 4) is 0 Å². The normalized spacial score (nSPS) is 15.2. The third-order valence-corrected chi connectivity index (χ3v) is 3.89. The molecule has 1 aliphatic rings. The van der Waals surface area contributed by atoms with Crippen molar-refractivity contribution in [2.75, 3.05) is 13.2 Å². The molecule has 0 saturated heterocycles. The van der Waals surface area contributed by atoms with Crippen molar-refractivity contribution < 1.29 is 19.4 Å². The van der Waals surface area contributed by atoms with Crippen LogP contribution >= 0.6 is 11.3 Å². The number of carbonyl (C=O) groups is 2. The van der Waals surface area contributed by atoms with Gasteiger partial charge in [-0.05, 0) is 44.1 Å². The summed E-state index contributed by atoms with van der Waals surface area (Å²) in [5.41, 5.74) is 0.579. The molecule has 116 valence electrons. The van der Waals surface area contributed by atoms with Crippen LogP contribution in [0.1, 0.15) is 37.0 Å². The molecule has 1 atom stereocenters. The fraction of sp³-hybridized carbons (Fsp3) is 0.500. The first kappa shape index (κ1) is 17.6. The molecule has 0 bridgehead atoms. The molecule has 0 aliphatic heterocycles. The summed E-state index contributed by atoms with van der Waals surface area (Å²) >= 11 is 1.44. The van der Waals surface area contributed by atoms with Crippen molar-refractivity contribution in [3.05, 3.63) is 34.5 Å². The van der Waals surface area contributed by atoms with Gasteiger partial charge in [0.05, 0.1) is 6.61 Å². The minimum absolute atomic E-state index is 0.176. The van der Waals surface area contributed by atoms with Crippen molar-refractivity contribution in [2.45, 2.75) is 26.7 Å². The molecule has 0 amide bonds. The number of ketones is 1. The smallest absolute Gasteiger partial charge is 0.316 e. The molecule has 1 aromatic rings. The Morgan fingerprint density at radius 1 is 1.43 bits per heavy atom. The standard InChI is InChI=1S/C10H12O3S.C6H10O/c1-3-13-10(12)7(2)9(11)8-4-5-14-6-8;7-5-6-3-1-2-4-6/h4-7H,3H2,1-2H3;1-2,6-7H,3-5H2. The lowest BCUT2D eigenvalue weighted by molar-refractivity contribution is -0.145. The van der Waals surface area contributed by atoms with Gasteiger partial charge in [-0.1, -0.05) is 12.2 Å². The molecule has 1 unspecified atom stereocenters. The van der Waals surface area contributed by atoms with Crippen LogP contribution in [0.5, 0.6) is 0 Å². The number of ether oxygens (including phenoxy) is 1. The molecule has 0 saturated carbocycles. The number of hydrogen-bond donors (Lipinski definition) is 1. The number of hydrogen-bond acceptors (Lipinski definition) is 5. The third kappa shape index (κ3) is 5.81. The Balaban J connectivity index is 0.000000262. The summed E-state index contributed by atoms with van der Waals surface area (Å²) in [6, 6.07) is 1.71. The number of allylic oxidation sites excluding steroid dienone is 2. The van der Waals surface area contributed by atoms with Crippen LogP contribution in [-0.4, -0.2) is 30.1 Å². The molecule has 0 spiro atoms. The highest BCUT2D eigenvalue weighted by atomic mass is 32.1. The molecular formula is C16H22O4S. The number of rotatable bonds is 5. The van der Waals surface area contributed by atoms with Gasteiger partial charge in [-0.15, -0.1) is 0 Å². The first-order valence-electron chi connectivity index (χ1n) is 7.09. The van der Waals surface area contributed by atoms with E-state index < -0.39 is 11.9 Å². The van der Waals surface area contributed by atoms with E-state index in [0.717, 1.165) is 12.8 Å². The molecule has 0 aromatic carbocycles. The van der Waals surface area contributed by atoms with Crippen molar-refractivity contribution in [2.24, 2.45) is 11.8 Å². The minimum Gasteiger partial charge on any atom is -0.465 e. The maximum Gasteiger partial charge on any atom is 0.316 e. The lowest BCUT2D eigenvalue weighted by Gasteiger charge is -2.07. The molecule has 4 nitrogen and oxygen atoms in total. The SMILES string of the molecule is CCOC(=O)C(C)C(=O)c1ccsc1.OCC1CC=CC1. The van der Waals surface area contributed by atoms with Crippen LogP contribution in [0.15, 0.2) is 29.0 Å². The summed E-state index contributed by atoms with van der Waals surface area (Å²) in [6.45, 7) is 3.95. The first-order chi connectivity index (χ1) is 10.1. The Morgan fingerprint density at radius 3 is 2.52 bits per heavy atom. The number of aliphatic hydroxyl groups is 1. The Kier molecular flexibility index (Phi) is 7.93. The number of carbonyl (C=O) groups excluding carboxylic acids is 2. The van der Waals surface area contributed by atoms with Gasteiger partial charge in [-0.25, -0.2) is 0 Å². The summed E-state index contributed by atoms with van der Waals surface area (Å²) in [7, 11) is 0. The van der Waals surface area contributed by atoms with E-state index >= 15 is 0 Å². The van der Waals surface area contributed by atoms with Gasteiger partial charge in [0, 0.05) is 17.6 Å². The van der Waals surface area contributed by atoms with Crippen LogP contribution in [0.3, 0.4) is 0 Å². The van der Waals surface area contributed by atoms with Crippen LogP contribution in [0.4, 0.5) is 0 Å². The van der Waals surface area contributed by atoms with Crippen LogP contribution in [0, 0.1) is 11.8 Å². The Bertz CT molecular complexity index is 457. The minimum atomic E-state index is -0.704. The van der Waals surface area contributed by atoms with Gasteiger partial charge in [-0.3, -0.25) is 9.59 Å². The zero-order valence-corrected chi connectivity index (χ0v) is 13.3. The fourth-order valence-electron chi connectivity index (χ4n) is 1.85. The molecule has 5 heteroatoms. The topological polar surface area (TPSA) is 63.6 Å². The Labute approximate surface area is 129 Å². The zero-order valence-electron chi connectivity index (χ0n) is 12.5. The number of Topliss-reactive ketones (excluding diaryl/α,β-unsaturated/α-hetero) is 1. The predicted octanol–water partition coefficient (Wildman–Crippen LogP) is 3.07. The second kappa shape index (κ2) is 9.47. The average molecular weight is 310 g/mol. The molecule has 0 fully saturated rings. The molecule has 1 aliphatic carbocycles. The van der Waals surface area contributed by atoms with E-state index in [2.05, 4.69) is 12.2 Å². The largest absolute Gasteiger partial charge is 0.465 e. The number of thiophene rings is 1. The van der Waals surface area contributed by atoms with E-state index in [1.165, 1.54) is 11.3 Å². The highest BCUT2D eigenvalue weighted by Gasteiger charge is 2.23. The summed E-state index contributed by atoms with van der Waals surface area (Å²) in [4.78, 5) is 22.9. The van der Waals surface area contributed by atoms with E-state index in [0.29, 0.717) is 24.7 Å². The molecule has 0 radical (unpaired) electrons. The van der Waals surface area contributed by atoms with Crippen LogP contribution in [0.25, 0.3) is 0 Å². The summed E-state index contributed by atoms with van der Waals surface area (Å²) in [5, 5.41) is 12.1. The summed E-state index contributed by atoms with van der Waals surface area (Å²) in [5.74, 6) is -0.794. The average Bonchev–Trinajstić information content (AvgIpc) is 3.19. The fourth-order valence-corrected chi connectivity index (χ4v) is 2.50. The second-order valence-corrected chi connectivity index (χ2v) is 5.62. The van der Waals surface area contributed by atoms with Gasteiger partial charge in [0.2, 0.25) is 0 Å². The van der Waals surface area contributed by atoms with Crippen LogP contribution < -0.4 is 0 Å². The maximum atomic E-state index is 11.6. The monoisotopic (exact) mass is 310 g/mol. The zero-order chi connectivity index (χ0) is 15.7. The number of aliphatic hydroxyl groups excluding tert-OH is 1. The van der Waals surface area contributed by atoms with Crippen LogP contribution in [0.2, 0.25) is 0 Å². The van der Waals surface area contributed by atoms with Crippen molar-refractivity contribution in [1.29, 1.82) is 0 Å². The molecule has 1 heterocycles. The molecule has 21 heavy (non-hydrogen) atoms. The highest BCUT2D eigenvalue weighted by molar-refractivity contribution is 7.08. The Morgan fingerprint density at radius 2 is 2.10 bits per heavy atom. The van der Waals surface area contributed by atoms with Gasteiger partial charge in [0.25, 0.3) is 0 Å². The van der Waals surface area contributed by atoms with Gasteiger partial charge in [-0.2, -0.15) is 11.3 Å². The highest BCUT2D eigenvalue weighted by Crippen LogP contribution is 2.15. The van der Waals surface area contributed by atoms with E-state index in [1.54, 1.807) is 25.3 Å². The lowest BCUT2D eigenvalue weighted by atomic mass is 10.0. The quantitative estimate of drug-likeness (QED) is 0.393. The molecule has 1 aromatic heterocycles. The van der Waals surface area contributed by atoms with Crippen molar-refractivity contribution in [3.63, 3.8) is 0 Å². The number of esters is 1. The van der Waals surface area contributed by atoms with Crippen molar-refractivity contribution in [1.82, 2.24) is 0 Å². The van der Waals surface area contributed by atoms with Gasteiger partial charge < -0.3 is 9.84 Å². The molecule has 2 rings (SSSR count). The first-order valence-corrected chi connectivity index (χ1v) is 8.03. The van der Waals surface area contributed by atoms with E-state index in [4.69, 9.17) is 9.84 Å². The van der Waals surface area contributed by atoms with Gasteiger partial charge >= 0.3 is 5.97 Å². The van der Waals surface area contributed by atoms with Gasteiger partial charge in [0.15, 0.2) is 5.78 Å². The molecular weight excluding hydrogens is 288 g/mol. The molecule has 1 N–H and O–H groups in total. The Hall–Kier alpha value is -1.46. The van der Waals surface area contributed by atoms with Crippen molar-refractivity contribution >= 4 is 23.1 Å². The van der Waals surface area contributed by atoms with E-state index in [-0.39, 0.29) is 5.78 Å². The predicted molar refractivity (Wildman–Crippen MR) is 83.4 cm³/mol. The van der Waals surface area contributed by atoms with E-state index in [9.17, 15) is 9.59 Å². The maximum absolute atomic E-state index is 11.6. The van der Waals surface area contributed by atoms with Gasteiger partial charge in [0.1, 0.15) is 5.92 Å². The summed E-state index contributed by atoms with van der Waals surface area (Å²) in [6.07, 6.45) is 6.41. The van der Waals surface area contributed by atoms with E-state index in [1.807, 2.05) is 5.38 Å². The third-order valence-electron chi connectivity index (χ3n) is 3.20.